The number of rotatable bonds is 0. The molecule has 0 fully saturated rings. The molecule has 0 N–H and O–H groups in total. The van der Waals surface area contributed by atoms with Gasteiger partial charge in [0.25, 0.3) is 0 Å². The van der Waals surface area contributed by atoms with Crippen LogP contribution >= 0.6 is 0 Å². The number of hydrogen-bond donors (Lipinski definition) is 0. The molecule has 1 rings (SSSR count). The van der Waals surface area contributed by atoms with Crippen LogP contribution in [-0.4, -0.2) is 0 Å². The van der Waals surface area contributed by atoms with E-state index < -0.39 is 0 Å². The van der Waals surface area contributed by atoms with Gasteiger partial charge >= 0.3 is 18.9 Å². The number of aryl methyl sites for hydroxylation is 1. The first-order chi connectivity index (χ1) is 7.05. The SMILES string of the molecule is Cc1ccc(C(C)(C)C)c([O-])c1C(C)(C)C.[Li+]. The van der Waals surface area contributed by atoms with Crippen molar-refractivity contribution < 1.29 is 24.0 Å². The zero-order chi connectivity index (χ0) is 12.7. The Balaban J connectivity index is 0.00000256. The van der Waals surface area contributed by atoms with E-state index in [0.717, 1.165) is 16.7 Å². The topological polar surface area (TPSA) is 23.1 Å². The quantitative estimate of drug-likeness (QED) is 0.596. The van der Waals surface area contributed by atoms with Gasteiger partial charge in [0.1, 0.15) is 0 Å². The second-order valence-corrected chi connectivity index (χ2v) is 6.63. The smallest absolute Gasteiger partial charge is 0.872 e. The summed E-state index contributed by atoms with van der Waals surface area (Å²) in [6.07, 6.45) is 0. The molecule has 0 heterocycles. The van der Waals surface area contributed by atoms with Gasteiger partial charge in [0.05, 0.1) is 0 Å². The summed E-state index contributed by atoms with van der Waals surface area (Å²) in [5.41, 5.74) is 2.82. The van der Waals surface area contributed by atoms with Crippen LogP contribution in [0.5, 0.6) is 5.75 Å². The van der Waals surface area contributed by atoms with Gasteiger partial charge in [-0.3, -0.25) is 0 Å². The van der Waals surface area contributed by atoms with E-state index in [2.05, 4.69) is 47.6 Å². The van der Waals surface area contributed by atoms with Crippen LogP contribution in [0.15, 0.2) is 12.1 Å². The molecule has 2 heteroatoms. The Labute approximate surface area is 118 Å². The van der Waals surface area contributed by atoms with Gasteiger partial charge in [0.15, 0.2) is 0 Å². The molecule has 0 aromatic heterocycles. The molecule has 0 atom stereocenters. The van der Waals surface area contributed by atoms with Crippen molar-refractivity contribution in [1.82, 2.24) is 0 Å². The molecule has 0 unspecified atom stereocenters. The Hall–Kier alpha value is -0.383. The third-order valence-corrected chi connectivity index (χ3v) is 2.92. The maximum atomic E-state index is 12.5. The molecule has 0 spiro atoms. The van der Waals surface area contributed by atoms with E-state index in [-0.39, 0.29) is 35.4 Å². The van der Waals surface area contributed by atoms with Gasteiger partial charge in [-0.1, -0.05) is 59.2 Å². The van der Waals surface area contributed by atoms with Crippen molar-refractivity contribution in [2.24, 2.45) is 0 Å². The minimum atomic E-state index is -0.0809. The van der Waals surface area contributed by atoms with E-state index in [1.807, 2.05) is 13.0 Å². The van der Waals surface area contributed by atoms with Crippen molar-refractivity contribution in [3.63, 3.8) is 0 Å². The molecular weight excluding hydrogens is 203 g/mol. The van der Waals surface area contributed by atoms with E-state index in [0.29, 0.717) is 0 Å². The van der Waals surface area contributed by atoms with Crippen molar-refractivity contribution >= 4 is 0 Å². The largest absolute Gasteiger partial charge is 1.00 e. The summed E-state index contributed by atoms with van der Waals surface area (Å²) in [5.74, 6) is 0.222. The first-order valence-electron chi connectivity index (χ1n) is 5.86. The van der Waals surface area contributed by atoms with Gasteiger partial charge < -0.3 is 5.11 Å². The Morgan fingerprint density at radius 2 is 1.35 bits per heavy atom. The van der Waals surface area contributed by atoms with Gasteiger partial charge in [-0.15, -0.1) is 5.75 Å². The zero-order valence-corrected chi connectivity index (χ0v) is 12.6. The maximum Gasteiger partial charge on any atom is 1.00 e. The van der Waals surface area contributed by atoms with Crippen molar-refractivity contribution in [1.29, 1.82) is 0 Å². The van der Waals surface area contributed by atoms with Gasteiger partial charge in [-0.2, -0.15) is 0 Å². The van der Waals surface area contributed by atoms with Gasteiger partial charge in [-0.25, -0.2) is 0 Å². The van der Waals surface area contributed by atoms with Crippen LogP contribution in [0.1, 0.15) is 58.2 Å². The first-order valence-corrected chi connectivity index (χ1v) is 5.86. The molecule has 0 radical (unpaired) electrons. The fraction of sp³-hybridized carbons (Fsp3) is 0.600. The minimum absolute atomic E-state index is 0. The van der Waals surface area contributed by atoms with E-state index in [9.17, 15) is 5.11 Å². The van der Waals surface area contributed by atoms with Crippen LogP contribution in [0.3, 0.4) is 0 Å². The van der Waals surface area contributed by atoms with Gasteiger partial charge in [0.2, 0.25) is 0 Å². The van der Waals surface area contributed by atoms with E-state index in [4.69, 9.17) is 0 Å². The van der Waals surface area contributed by atoms with Crippen LogP contribution in [0.2, 0.25) is 0 Å². The summed E-state index contributed by atoms with van der Waals surface area (Å²) in [7, 11) is 0. The van der Waals surface area contributed by atoms with E-state index in [1.165, 1.54) is 0 Å². The molecule has 17 heavy (non-hydrogen) atoms. The fourth-order valence-corrected chi connectivity index (χ4v) is 2.20. The Morgan fingerprint density at radius 3 is 1.71 bits per heavy atom. The third-order valence-electron chi connectivity index (χ3n) is 2.92. The predicted molar refractivity (Wildman–Crippen MR) is 68.0 cm³/mol. The standard InChI is InChI=1S/C15H24O.Li/c1-10-8-9-11(14(2,3)4)13(16)12(10)15(5,6)7;/h8-9,16H,1-7H3;/q;+1/p-1. The molecule has 1 aromatic carbocycles. The summed E-state index contributed by atoms with van der Waals surface area (Å²) in [6, 6.07) is 4.05. The van der Waals surface area contributed by atoms with Gasteiger partial charge in [-0.05, 0) is 28.9 Å². The molecule has 0 aliphatic rings. The summed E-state index contributed by atoms with van der Waals surface area (Å²) < 4.78 is 0. The molecule has 0 bridgehead atoms. The second kappa shape index (κ2) is 5.08. The molecule has 0 aliphatic carbocycles. The summed E-state index contributed by atoms with van der Waals surface area (Å²) in [6.45, 7) is 14.6. The maximum absolute atomic E-state index is 12.5. The molecule has 90 valence electrons. The normalized spacial score (nSPS) is 12.2. The van der Waals surface area contributed by atoms with E-state index >= 15 is 0 Å². The molecule has 0 saturated carbocycles. The van der Waals surface area contributed by atoms with Gasteiger partial charge in [0, 0.05) is 0 Å². The van der Waals surface area contributed by atoms with Crippen molar-refractivity contribution in [2.75, 3.05) is 0 Å². The second-order valence-electron chi connectivity index (χ2n) is 6.63. The monoisotopic (exact) mass is 226 g/mol. The molecular formula is C15H23LiO. The predicted octanol–water partition coefficient (Wildman–Crippen LogP) is 0.668. The summed E-state index contributed by atoms with van der Waals surface area (Å²) in [4.78, 5) is 0. The minimum Gasteiger partial charge on any atom is -0.872 e. The Kier molecular flexibility index (Phi) is 4.97. The van der Waals surface area contributed by atoms with Crippen LogP contribution in [0.4, 0.5) is 0 Å². The Bertz CT molecular complexity index is 395. The number of hydrogen-bond acceptors (Lipinski definition) is 1. The molecule has 0 saturated heterocycles. The molecule has 0 amide bonds. The van der Waals surface area contributed by atoms with E-state index in [1.54, 1.807) is 0 Å². The summed E-state index contributed by atoms with van der Waals surface area (Å²) in [5, 5.41) is 12.5. The first kappa shape index (κ1) is 16.6. The third kappa shape index (κ3) is 3.54. The van der Waals surface area contributed by atoms with Crippen molar-refractivity contribution in [3.05, 3.63) is 28.8 Å². The van der Waals surface area contributed by atoms with Crippen LogP contribution in [0, 0.1) is 6.92 Å². The fourth-order valence-electron chi connectivity index (χ4n) is 2.20. The van der Waals surface area contributed by atoms with Crippen LogP contribution < -0.4 is 24.0 Å². The van der Waals surface area contributed by atoms with Crippen molar-refractivity contribution in [2.45, 2.75) is 59.3 Å². The number of benzene rings is 1. The molecule has 0 aliphatic heterocycles. The van der Waals surface area contributed by atoms with Crippen LogP contribution in [0.25, 0.3) is 0 Å². The molecule has 1 nitrogen and oxygen atoms in total. The average Bonchev–Trinajstić information content (AvgIpc) is 1.97. The van der Waals surface area contributed by atoms with Crippen molar-refractivity contribution in [3.8, 4) is 5.75 Å². The molecule has 1 aromatic rings. The Morgan fingerprint density at radius 1 is 0.882 bits per heavy atom. The zero-order valence-electron chi connectivity index (χ0n) is 12.6. The summed E-state index contributed by atoms with van der Waals surface area (Å²) >= 11 is 0. The average molecular weight is 226 g/mol. The van der Waals surface area contributed by atoms with Crippen LogP contribution in [-0.2, 0) is 10.8 Å².